The van der Waals surface area contributed by atoms with Gasteiger partial charge >= 0.3 is 0 Å². The molecule has 5 heteroatoms. The van der Waals surface area contributed by atoms with Gasteiger partial charge in [0.25, 0.3) is 0 Å². The Kier molecular flexibility index (Phi) is 7.01. The highest BCUT2D eigenvalue weighted by atomic mass is 16.3. The fraction of sp³-hybridized carbons (Fsp3) is 0.195. The summed E-state index contributed by atoms with van der Waals surface area (Å²) in [6, 6.07) is 32.8. The van der Waals surface area contributed by atoms with Crippen LogP contribution in [0.1, 0.15) is 52.7 Å². The first-order valence-electron chi connectivity index (χ1n) is 15.7. The number of hydrogen-bond donors (Lipinski definition) is 1. The molecule has 0 aliphatic heterocycles. The minimum atomic E-state index is -0.100. The van der Waals surface area contributed by atoms with Gasteiger partial charge in [0.1, 0.15) is 11.3 Å². The maximum absolute atomic E-state index is 10.9. The van der Waals surface area contributed by atoms with Gasteiger partial charge in [0.15, 0.2) is 5.58 Å². The van der Waals surface area contributed by atoms with E-state index >= 15 is 0 Å². The standard InChI is InChI=1S/C41H37N3O2/c1-40(2,3)29-14-15-35(45)33(23-29)39-44-38-31(20-28(22-36(38)46-39)25-11-8-7-9-12-25)26-16-18-42-34(21-26)32-24-30(41(4,5)6)19-27-13-10-17-43-37(27)32/h7-24,45H,1-6H3. The Bertz CT molecular complexity index is 2240. The lowest BCUT2D eigenvalue weighted by Gasteiger charge is -2.21. The first-order chi connectivity index (χ1) is 22.0. The van der Waals surface area contributed by atoms with Gasteiger partial charge in [0.2, 0.25) is 5.89 Å². The minimum absolute atomic E-state index is 0.0421. The molecule has 0 atom stereocenters. The lowest BCUT2D eigenvalue weighted by atomic mass is 9.84. The molecule has 3 heterocycles. The van der Waals surface area contributed by atoms with Gasteiger partial charge in [-0.25, -0.2) is 4.98 Å². The third kappa shape index (κ3) is 5.43. The van der Waals surface area contributed by atoms with Crippen molar-refractivity contribution in [2.24, 2.45) is 0 Å². The van der Waals surface area contributed by atoms with Crippen molar-refractivity contribution >= 4 is 22.0 Å². The highest BCUT2D eigenvalue weighted by Crippen LogP contribution is 2.41. The van der Waals surface area contributed by atoms with Crippen molar-refractivity contribution in [3.05, 3.63) is 121 Å². The van der Waals surface area contributed by atoms with Crippen LogP contribution >= 0.6 is 0 Å². The predicted octanol–water partition coefficient (Wildman–Crippen LogP) is 10.7. The summed E-state index contributed by atoms with van der Waals surface area (Å²) in [5, 5.41) is 12.0. The summed E-state index contributed by atoms with van der Waals surface area (Å²) in [5.74, 6) is 0.515. The summed E-state index contributed by atoms with van der Waals surface area (Å²) < 4.78 is 6.46. The lowest BCUT2D eigenvalue weighted by molar-refractivity contribution is 0.473. The normalized spacial score (nSPS) is 12.2. The van der Waals surface area contributed by atoms with Crippen LogP contribution in [-0.4, -0.2) is 20.1 Å². The van der Waals surface area contributed by atoms with E-state index in [0.29, 0.717) is 17.0 Å². The fourth-order valence-electron chi connectivity index (χ4n) is 5.90. The number of pyridine rings is 2. The topological polar surface area (TPSA) is 72.0 Å². The summed E-state index contributed by atoms with van der Waals surface area (Å²) in [6.45, 7) is 13.1. The number of fused-ring (bicyclic) bond motifs is 2. The molecule has 0 unspecified atom stereocenters. The molecular weight excluding hydrogens is 566 g/mol. The monoisotopic (exact) mass is 603 g/mol. The number of aromatic nitrogens is 3. The molecule has 0 saturated heterocycles. The van der Waals surface area contributed by atoms with E-state index in [4.69, 9.17) is 19.4 Å². The number of hydrogen-bond acceptors (Lipinski definition) is 5. The van der Waals surface area contributed by atoms with Crippen molar-refractivity contribution in [2.45, 2.75) is 52.4 Å². The fourth-order valence-corrected chi connectivity index (χ4v) is 5.90. The van der Waals surface area contributed by atoms with Crippen molar-refractivity contribution in [2.75, 3.05) is 0 Å². The Hall–Kier alpha value is -5.29. The quantitative estimate of drug-likeness (QED) is 0.217. The molecule has 0 radical (unpaired) electrons. The maximum atomic E-state index is 10.9. The van der Waals surface area contributed by atoms with E-state index in [-0.39, 0.29) is 16.6 Å². The van der Waals surface area contributed by atoms with Gasteiger partial charge in [-0.2, -0.15) is 0 Å². The second kappa shape index (κ2) is 11.0. The van der Waals surface area contributed by atoms with Gasteiger partial charge in [0, 0.05) is 28.9 Å². The molecular formula is C41H37N3O2. The molecule has 0 aliphatic carbocycles. The predicted molar refractivity (Wildman–Crippen MR) is 188 cm³/mol. The number of rotatable bonds is 4. The van der Waals surface area contributed by atoms with Gasteiger partial charge < -0.3 is 9.52 Å². The summed E-state index contributed by atoms with van der Waals surface area (Å²) in [5.41, 5.74) is 10.8. The minimum Gasteiger partial charge on any atom is -0.507 e. The molecule has 0 amide bonds. The Labute approximate surface area is 269 Å². The number of phenolic OH excluding ortho intramolecular Hbond substituents is 1. The molecule has 0 aliphatic rings. The molecule has 46 heavy (non-hydrogen) atoms. The highest BCUT2D eigenvalue weighted by molar-refractivity contribution is 5.98. The van der Waals surface area contributed by atoms with Crippen molar-refractivity contribution in [3.8, 4) is 50.7 Å². The van der Waals surface area contributed by atoms with Crippen molar-refractivity contribution in [1.29, 1.82) is 0 Å². The van der Waals surface area contributed by atoms with Crippen LogP contribution in [0.25, 0.3) is 67.0 Å². The smallest absolute Gasteiger partial charge is 0.231 e. The van der Waals surface area contributed by atoms with E-state index in [1.165, 1.54) is 5.56 Å². The summed E-state index contributed by atoms with van der Waals surface area (Å²) in [7, 11) is 0. The third-order valence-electron chi connectivity index (χ3n) is 8.61. The van der Waals surface area contributed by atoms with Gasteiger partial charge in [-0.3, -0.25) is 9.97 Å². The molecule has 1 N–H and O–H groups in total. The molecule has 0 spiro atoms. The molecule has 7 rings (SSSR count). The summed E-state index contributed by atoms with van der Waals surface area (Å²) >= 11 is 0. The third-order valence-corrected chi connectivity index (χ3v) is 8.61. The van der Waals surface area contributed by atoms with Gasteiger partial charge in [-0.15, -0.1) is 0 Å². The molecule has 0 fully saturated rings. The van der Waals surface area contributed by atoms with Crippen molar-refractivity contribution in [3.63, 3.8) is 0 Å². The zero-order chi connectivity index (χ0) is 32.2. The van der Waals surface area contributed by atoms with E-state index in [1.54, 1.807) is 6.07 Å². The molecule has 4 aromatic carbocycles. The molecule has 3 aromatic heterocycles. The maximum Gasteiger partial charge on any atom is 0.231 e. The Balaban J connectivity index is 1.45. The van der Waals surface area contributed by atoms with E-state index in [2.05, 4.69) is 84.0 Å². The highest BCUT2D eigenvalue weighted by Gasteiger charge is 2.22. The largest absolute Gasteiger partial charge is 0.507 e. The Morgan fingerprint density at radius 2 is 1.33 bits per heavy atom. The van der Waals surface area contributed by atoms with Crippen LogP contribution in [0.15, 0.2) is 114 Å². The average molecular weight is 604 g/mol. The molecule has 228 valence electrons. The Morgan fingerprint density at radius 1 is 0.565 bits per heavy atom. The first kappa shape index (κ1) is 29.4. The van der Waals surface area contributed by atoms with Gasteiger partial charge in [-0.05, 0) is 93.2 Å². The number of phenols is 1. The molecule has 7 aromatic rings. The van der Waals surface area contributed by atoms with Gasteiger partial charge in [-0.1, -0.05) is 84.0 Å². The van der Waals surface area contributed by atoms with Crippen molar-refractivity contribution in [1.82, 2.24) is 15.0 Å². The zero-order valence-corrected chi connectivity index (χ0v) is 27.1. The van der Waals surface area contributed by atoms with Gasteiger partial charge in [0.05, 0.1) is 16.8 Å². The lowest BCUT2D eigenvalue weighted by Crippen LogP contribution is -2.11. The van der Waals surface area contributed by atoms with E-state index < -0.39 is 0 Å². The van der Waals surface area contributed by atoms with E-state index in [9.17, 15) is 5.11 Å². The van der Waals surface area contributed by atoms with E-state index in [0.717, 1.165) is 55.5 Å². The number of oxazole rings is 1. The van der Waals surface area contributed by atoms with E-state index in [1.807, 2.05) is 60.9 Å². The van der Waals surface area contributed by atoms with Crippen LogP contribution < -0.4 is 0 Å². The number of benzene rings is 4. The SMILES string of the molecule is CC(C)(C)c1ccc(O)c(-c2nc3c(-c4ccnc(-c5cc(C(C)(C)C)cc6cccnc56)c4)cc(-c4ccccc4)cc3o2)c1. The van der Waals surface area contributed by atoms with Crippen LogP contribution in [0.4, 0.5) is 0 Å². The van der Waals surface area contributed by atoms with Crippen LogP contribution in [0.5, 0.6) is 5.75 Å². The second-order valence-electron chi connectivity index (χ2n) is 14.0. The van der Waals surface area contributed by atoms with Crippen LogP contribution in [0, 0.1) is 0 Å². The summed E-state index contributed by atoms with van der Waals surface area (Å²) in [4.78, 5) is 14.6. The molecule has 0 saturated carbocycles. The summed E-state index contributed by atoms with van der Waals surface area (Å²) in [6.07, 6.45) is 3.68. The second-order valence-corrected chi connectivity index (χ2v) is 14.0. The zero-order valence-electron chi connectivity index (χ0n) is 27.1. The first-order valence-corrected chi connectivity index (χ1v) is 15.7. The van der Waals surface area contributed by atoms with Crippen LogP contribution in [-0.2, 0) is 10.8 Å². The molecule has 5 nitrogen and oxygen atoms in total. The Morgan fingerprint density at radius 3 is 2.09 bits per heavy atom. The van der Waals surface area contributed by atoms with Crippen LogP contribution in [0.2, 0.25) is 0 Å². The number of aromatic hydroxyl groups is 1. The average Bonchev–Trinajstić information content (AvgIpc) is 3.47. The molecule has 0 bridgehead atoms. The van der Waals surface area contributed by atoms with Crippen LogP contribution in [0.3, 0.4) is 0 Å². The number of nitrogens with zero attached hydrogens (tertiary/aromatic N) is 3. The van der Waals surface area contributed by atoms with Crippen molar-refractivity contribution < 1.29 is 9.52 Å².